The lowest BCUT2D eigenvalue weighted by Gasteiger charge is -2.62. The number of carboxylic acid groups (broad SMARTS) is 1. The number of hydrogen-bond donors (Lipinski definition) is 5. The van der Waals surface area contributed by atoms with E-state index in [1.165, 1.54) is 0 Å². The Labute approximate surface area is 254 Å². The summed E-state index contributed by atoms with van der Waals surface area (Å²) in [6, 6.07) is 0. The van der Waals surface area contributed by atoms with E-state index in [4.69, 9.17) is 24.4 Å². The first-order chi connectivity index (χ1) is 20.1. The highest BCUT2D eigenvalue weighted by Gasteiger charge is 2.63. The smallest absolute Gasteiger partial charge is 0.326 e. The number of rotatable bonds is 12. The second-order valence-electron chi connectivity index (χ2n) is 14.5. The van der Waals surface area contributed by atoms with Crippen molar-refractivity contribution in [2.24, 2.45) is 52.3 Å². The fourth-order valence-electron chi connectivity index (χ4n) is 9.88. The van der Waals surface area contributed by atoms with E-state index >= 15 is 0 Å². The Balaban J connectivity index is 1.23. The van der Waals surface area contributed by atoms with E-state index in [9.17, 15) is 29.2 Å². The molecule has 4 fully saturated rings. The largest absolute Gasteiger partial charge is 0.481 e. The highest BCUT2D eigenvalue weighted by molar-refractivity contribution is 7.51. The monoisotopic (exact) mass is 630 g/mol. The molecule has 0 aliphatic heterocycles. The maximum Gasteiger partial charge on any atom is 0.326 e. The maximum atomic E-state index is 12.4. The van der Waals surface area contributed by atoms with Crippen LogP contribution in [0.5, 0.6) is 0 Å². The average molecular weight is 631 g/mol. The van der Waals surface area contributed by atoms with E-state index in [2.05, 4.69) is 20.8 Å². The molecule has 0 aromatic rings. The van der Waals surface area contributed by atoms with E-state index in [-0.39, 0.29) is 48.0 Å². The summed E-state index contributed by atoms with van der Waals surface area (Å²) in [7, 11) is -4.55. The molecular weight excluding hydrogens is 579 g/mol. The predicted octanol–water partition coefficient (Wildman–Crippen LogP) is 4.10. The molecule has 0 amide bonds. The van der Waals surface area contributed by atoms with Gasteiger partial charge in [0.05, 0.1) is 24.3 Å². The molecule has 43 heavy (non-hydrogen) atoms. The minimum absolute atomic E-state index is 0.142. The van der Waals surface area contributed by atoms with Crippen LogP contribution in [0.15, 0.2) is 0 Å². The lowest BCUT2D eigenvalue weighted by atomic mass is 9.43. The number of carboxylic acids is 1. The van der Waals surface area contributed by atoms with E-state index in [1.807, 2.05) is 0 Å². The highest BCUT2D eigenvalue weighted by Crippen LogP contribution is 2.68. The van der Waals surface area contributed by atoms with Gasteiger partial charge in [0.15, 0.2) is 0 Å². The Morgan fingerprint density at radius 2 is 1.56 bits per heavy atom. The summed E-state index contributed by atoms with van der Waals surface area (Å²) in [5.41, 5.74) is -0.0206. The number of aliphatic carboxylic acids is 1. The summed E-state index contributed by atoms with van der Waals surface area (Å²) in [6.45, 7) is 6.21. The zero-order valence-corrected chi connectivity index (χ0v) is 26.6. The van der Waals surface area contributed by atoms with Gasteiger partial charge in [-0.2, -0.15) is 0 Å². The fourth-order valence-corrected chi connectivity index (χ4v) is 10.8. The van der Waals surface area contributed by atoms with Gasteiger partial charge in [-0.3, -0.25) is 18.9 Å². The van der Waals surface area contributed by atoms with Crippen molar-refractivity contribution in [3.05, 3.63) is 0 Å². The summed E-state index contributed by atoms with van der Waals surface area (Å²) >= 11 is 0. The van der Waals surface area contributed by atoms with Crippen molar-refractivity contribution in [2.45, 2.75) is 110 Å². The number of hydrogen-bond acceptors (Lipinski definition) is 8. The van der Waals surface area contributed by atoms with Crippen molar-refractivity contribution < 1.29 is 53.5 Å². The van der Waals surface area contributed by atoms with Crippen LogP contribution in [0.3, 0.4) is 0 Å². The van der Waals surface area contributed by atoms with Crippen molar-refractivity contribution in [3.63, 3.8) is 0 Å². The fraction of sp³-hybridized carbons (Fsp3) is 0.903. The van der Waals surface area contributed by atoms with Crippen LogP contribution >= 0.6 is 7.60 Å². The van der Waals surface area contributed by atoms with Crippen molar-refractivity contribution >= 4 is 25.5 Å². The van der Waals surface area contributed by atoms with E-state index in [0.717, 1.165) is 51.4 Å². The highest BCUT2D eigenvalue weighted by atomic mass is 31.2. The molecule has 4 saturated carbocycles. The lowest BCUT2D eigenvalue weighted by molar-refractivity contribution is -0.175. The van der Waals surface area contributed by atoms with Gasteiger partial charge in [0.2, 0.25) is 6.79 Å². The zero-order chi connectivity index (χ0) is 31.7. The van der Waals surface area contributed by atoms with Gasteiger partial charge in [-0.25, -0.2) is 0 Å². The second-order valence-corrected chi connectivity index (χ2v) is 16.2. The van der Waals surface area contributed by atoms with Crippen LogP contribution in [0.25, 0.3) is 0 Å². The zero-order valence-electron chi connectivity index (χ0n) is 25.7. The standard InChI is InChI=1S/C31H51O11P/c1-18(4-10-27(34)41-17-42-28(35)11-5-19(29(36)37)16-43(38,39)40)23-8-9-24-22-7-6-20-14-21(32)12-13-30(20,2)25(22)15-26(33)31(23,24)3/h18-26,32-33H,4-17H2,1-3H3,(H,36,37)(H2,38,39,40)/t18?,19?,20?,21-,22?,23?,24?,25?,26+,30+,31-/m1/s1. The van der Waals surface area contributed by atoms with Gasteiger partial charge in [0, 0.05) is 12.8 Å². The number of esters is 2. The van der Waals surface area contributed by atoms with Gasteiger partial charge in [0.1, 0.15) is 0 Å². The number of ether oxygens (including phenoxy) is 2. The molecule has 4 aliphatic carbocycles. The number of carbonyl (C=O) groups is 3. The Morgan fingerprint density at radius 3 is 2.19 bits per heavy atom. The van der Waals surface area contributed by atoms with Crippen molar-refractivity contribution in [2.75, 3.05) is 13.0 Å². The molecule has 0 bridgehead atoms. The van der Waals surface area contributed by atoms with Gasteiger partial charge >= 0.3 is 25.5 Å². The second kappa shape index (κ2) is 13.5. The summed E-state index contributed by atoms with van der Waals surface area (Å²) in [5.74, 6) is -1.60. The Kier molecular flexibility index (Phi) is 10.7. The summed E-state index contributed by atoms with van der Waals surface area (Å²) in [4.78, 5) is 53.5. The Bertz CT molecular complexity index is 1080. The quantitative estimate of drug-likeness (QED) is 0.119. The summed E-state index contributed by atoms with van der Waals surface area (Å²) in [5, 5.41) is 31.1. The molecule has 7 unspecified atom stereocenters. The molecular formula is C31H51O11P. The minimum Gasteiger partial charge on any atom is -0.481 e. The molecule has 11 nitrogen and oxygen atoms in total. The average Bonchev–Trinajstić information content (AvgIpc) is 3.28. The minimum atomic E-state index is -4.55. The van der Waals surface area contributed by atoms with Crippen molar-refractivity contribution in [3.8, 4) is 0 Å². The Hall–Kier alpha value is -1.52. The van der Waals surface area contributed by atoms with E-state index in [0.29, 0.717) is 30.1 Å². The van der Waals surface area contributed by atoms with Crippen LogP contribution in [0.4, 0.5) is 0 Å². The first kappa shape index (κ1) is 34.4. The van der Waals surface area contributed by atoms with Gasteiger partial charge in [0.25, 0.3) is 0 Å². The topological polar surface area (TPSA) is 188 Å². The SMILES string of the molecule is CC(CCC(=O)OCOC(=O)CCC(CP(=O)(O)O)C(=O)O)C1CCC2C3CCC4C[C@H](O)CC[C@]4(C)C3C[C@H](O)[C@]12C. The van der Waals surface area contributed by atoms with Crippen LogP contribution < -0.4 is 0 Å². The molecule has 246 valence electrons. The molecule has 0 radical (unpaired) electrons. The molecule has 12 heteroatoms. The number of carbonyl (C=O) groups excluding carboxylic acids is 2. The molecule has 0 spiro atoms. The summed E-state index contributed by atoms with van der Waals surface area (Å²) in [6.07, 6.45) is 6.60. The van der Waals surface area contributed by atoms with Gasteiger partial charge in [-0.05, 0) is 111 Å². The van der Waals surface area contributed by atoms with Gasteiger partial charge in [-0.15, -0.1) is 0 Å². The third-order valence-corrected chi connectivity index (χ3v) is 13.2. The third kappa shape index (κ3) is 7.49. The molecule has 0 aromatic heterocycles. The number of aliphatic hydroxyl groups excluding tert-OH is 2. The van der Waals surface area contributed by atoms with Gasteiger partial charge in [-0.1, -0.05) is 20.8 Å². The van der Waals surface area contributed by atoms with Crippen LogP contribution in [-0.2, 0) is 28.4 Å². The molecule has 0 aromatic carbocycles. The number of aliphatic hydroxyl groups is 2. The molecule has 4 aliphatic rings. The first-order valence-corrected chi connectivity index (χ1v) is 17.8. The van der Waals surface area contributed by atoms with Crippen LogP contribution in [0.2, 0.25) is 0 Å². The van der Waals surface area contributed by atoms with E-state index in [1.54, 1.807) is 0 Å². The molecule has 4 rings (SSSR count). The van der Waals surface area contributed by atoms with Crippen LogP contribution in [-0.4, -0.2) is 68.2 Å². The number of fused-ring (bicyclic) bond motifs is 5. The van der Waals surface area contributed by atoms with Crippen LogP contribution in [0.1, 0.15) is 97.8 Å². The molecule has 0 saturated heterocycles. The molecule has 11 atom stereocenters. The molecule has 0 heterocycles. The first-order valence-electron chi connectivity index (χ1n) is 16.0. The van der Waals surface area contributed by atoms with Crippen LogP contribution in [0, 0.1) is 52.3 Å². The predicted molar refractivity (Wildman–Crippen MR) is 155 cm³/mol. The van der Waals surface area contributed by atoms with E-state index < -0.39 is 50.5 Å². The normalized spacial score (nSPS) is 38.6. The summed E-state index contributed by atoms with van der Waals surface area (Å²) < 4.78 is 21.0. The maximum absolute atomic E-state index is 12.4. The third-order valence-electron chi connectivity index (χ3n) is 12.3. The lowest BCUT2D eigenvalue weighted by Crippen LogP contribution is -2.58. The van der Waals surface area contributed by atoms with Crippen molar-refractivity contribution in [1.82, 2.24) is 0 Å². The molecule has 5 N–H and O–H groups in total. The Morgan fingerprint density at radius 1 is 0.907 bits per heavy atom. The van der Waals surface area contributed by atoms with Crippen molar-refractivity contribution in [1.29, 1.82) is 0 Å². The van der Waals surface area contributed by atoms with Gasteiger partial charge < -0.3 is 34.6 Å².